The van der Waals surface area contributed by atoms with Gasteiger partial charge < -0.3 is 21.1 Å². The van der Waals surface area contributed by atoms with E-state index in [4.69, 9.17) is 23.2 Å². The number of carbonyl (C=O) groups is 2. The van der Waals surface area contributed by atoms with Crippen molar-refractivity contribution in [1.29, 1.82) is 0 Å². The van der Waals surface area contributed by atoms with Crippen molar-refractivity contribution in [2.24, 2.45) is 5.41 Å². The fourth-order valence-corrected chi connectivity index (χ4v) is 6.91. The van der Waals surface area contributed by atoms with Gasteiger partial charge in [-0.15, -0.1) is 0 Å². The fraction of sp³-hybridized carbons (Fsp3) is 0.500. The smallest absolute Gasteiger partial charge is 0.238 e. The SMILES string of the molecule is CC(C)(C)C[C@@H]1N[C@@H](C(=O)NC2CC(C)(O)C2)[C@H](c2cccc(Cl)c2F)C12C(=O)Nc1c2ccc(Cl)c1F. The molecule has 38 heavy (non-hydrogen) atoms. The normalized spacial score (nSPS) is 32.2. The van der Waals surface area contributed by atoms with Gasteiger partial charge >= 0.3 is 0 Å². The molecule has 2 aromatic rings. The van der Waals surface area contributed by atoms with Crippen LogP contribution in [0, 0.1) is 17.0 Å². The van der Waals surface area contributed by atoms with Gasteiger partial charge in [0.1, 0.15) is 11.2 Å². The second-order valence-electron chi connectivity index (χ2n) is 12.3. The quantitative estimate of drug-likeness (QED) is 0.417. The molecule has 2 amide bonds. The summed E-state index contributed by atoms with van der Waals surface area (Å²) in [7, 11) is 0. The number of carbonyl (C=O) groups excluding carboxylic acids is 2. The topological polar surface area (TPSA) is 90.5 Å². The van der Waals surface area contributed by atoms with Crippen LogP contribution in [-0.2, 0) is 15.0 Å². The van der Waals surface area contributed by atoms with E-state index in [1.165, 1.54) is 18.2 Å². The van der Waals surface area contributed by atoms with Gasteiger partial charge in [0.05, 0.1) is 27.4 Å². The zero-order valence-electron chi connectivity index (χ0n) is 21.6. The number of aliphatic hydroxyl groups is 1. The molecule has 10 heteroatoms. The molecule has 6 nitrogen and oxygen atoms in total. The van der Waals surface area contributed by atoms with Crippen molar-refractivity contribution in [2.45, 2.75) is 82.0 Å². The third-order valence-corrected chi connectivity index (χ3v) is 8.63. The number of hydrogen-bond acceptors (Lipinski definition) is 4. The lowest BCUT2D eigenvalue weighted by molar-refractivity contribution is -0.127. The molecule has 2 heterocycles. The van der Waals surface area contributed by atoms with Gasteiger partial charge in [0, 0.05) is 18.0 Å². The zero-order valence-corrected chi connectivity index (χ0v) is 23.1. The van der Waals surface area contributed by atoms with Crippen molar-refractivity contribution in [1.82, 2.24) is 10.6 Å². The van der Waals surface area contributed by atoms with Crippen molar-refractivity contribution in [3.05, 3.63) is 63.1 Å². The van der Waals surface area contributed by atoms with Crippen LogP contribution in [0.1, 0.15) is 64.0 Å². The van der Waals surface area contributed by atoms with Gasteiger partial charge in [-0.1, -0.05) is 62.2 Å². The number of anilines is 1. The summed E-state index contributed by atoms with van der Waals surface area (Å²) in [6, 6.07) is 5.47. The molecule has 1 saturated heterocycles. The second-order valence-corrected chi connectivity index (χ2v) is 13.1. The van der Waals surface area contributed by atoms with Gasteiger partial charge in [-0.2, -0.15) is 0 Å². The Labute approximate surface area is 230 Å². The minimum atomic E-state index is -1.54. The van der Waals surface area contributed by atoms with Crippen LogP contribution in [0.2, 0.25) is 10.0 Å². The summed E-state index contributed by atoms with van der Waals surface area (Å²) in [6.07, 6.45) is 1.18. The van der Waals surface area contributed by atoms with E-state index >= 15 is 8.78 Å². The lowest BCUT2D eigenvalue weighted by atomic mass is 9.62. The summed E-state index contributed by atoms with van der Waals surface area (Å²) in [5, 5.41) is 18.8. The molecule has 0 aromatic heterocycles. The van der Waals surface area contributed by atoms with Crippen molar-refractivity contribution < 1.29 is 23.5 Å². The highest BCUT2D eigenvalue weighted by Gasteiger charge is 2.66. The molecule has 1 spiro atoms. The van der Waals surface area contributed by atoms with Gasteiger partial charge in [-0.25, -0.2) is 8.78 Å². The van der Waals surface area contributed by atoms with E-state index in [0.717, 1.165) is 0 Å². The van der Waals surface area contributed by atoms with Crippen molar-refractivity contribution in [2.75, 3.05) is 5.32 Å². The van der Waals surface area contributed by atoms with Crippen molar-refractivity contribution in [3.63, 3.8) is 0 Å². The molecule has 204 valence electrons. The Morgan fingerprint density at radius 2 is 1.79 bits per heavy atom. The van der Waals surface area contributed by atoms with Crippen LogP contribution < -0.4 is 16.0 Å². The average Bonchev–Trinajstić information content (AvgIpc) is 3.27. The molecule has 4 N–H and O–H groups in total. The van der Waals surface area contributed by atoms with E-state index in [1.807, 2.05) is 20.8 Å². The summed E-state index contributed by atoms with van der Waals surface area (Å²) in [5.41, 5.74) is -2.37. The minimum Gasteiger partial charge on any atom is -0.390 e. The number of rotatable bonds is 4. The molecule has 2 fully saturated rings. The molecule has 1 saturated carbocycles. The minimum absolute atomic E-state index is 0.0632. The predicted octanol–water partition coefficient (Wildman–Crippen LogP) is 5.05. The van der Waals surface area contributed by atoms with E-state index < -0.39 is 52.5 Å². The van der Waals surface area contributed by atoms with Crippen LogP contribution in [-0.4, -0.2) is 40.6 Å². The summed E-state index contributed by atoms with van der Waals surface area (Å²) in [4.78, 5) is 27.8. The van der Waals surface area contributed by atoms with Crippen LogP contribution in [0.4, 0.5) is 14.5 Å². The highest BCUT2D eigenvalue weighted by atomic mass is 35.5. The maximum absolute atomic E-state index is 15.7. The number of benzene rings is 2. The highest BCUT2D eigenvalue weighted by molar-refractivity contribution is 6.31. The largest absolute Gasteiger partial charge is 0.390 e. The van der Waals surface area contributed by atoms with Crippen LogP contribution in [0.25, 0.3) is 0 Å². The molecule has 5 rings (SSSR count). The Hall–Kier alpha value is -2.26. The van der Waals surface area contributed by atoms with E-state index in [-0.39, 0.29) is 32.8 Å². The molecular weight excluding hydrogens is 535 g/mol. The highest BCUT2D eigenvalue weighted by Crippen LogP contribution is 2.57. The van der Waals surface area contributed by atoms with E-state index in [2.05, 4.69) is 16.0 Å². The molecule has 3 aliphatic rings. The monoisotopic (exact) mass is 565 g/mol. The third-order valence-electron chi connectivity index (χ3n) is 8.04. The van der Waals surface area contributed by atoms with Gasteiger partial charge in [0.15, 0.2) is 5.82 Å². The molecule has 1 unspecified atom stereocenters. The van der Waals surface area contributed by atoms with E-state index in [0.29, 0.717) is 24.8 Å². The van der Waals surface area contributed by atoms with Gasteiger partial charge in [-0.3, -0.25) is 9.59 Å². The Morgan fingerprint density at radius 1 is 1.13 bits per heavy atom. The lowest BCUT2D eigenvalue weighted by Crippen LogP contribution is -2.57. The molecule has 2 aromatic carbocycles. The van der Waals surface area contributed by atoms with Crippen LogP contribution in [0.5, 0.6) is 0 Å². The summed E-state index contributed by atoms with van der Waals surface area (Å²) < 4.78 is 31.0. The number of hydrogen-bond donors (Lipinski definition) is 4. The lowest BCUT2D eigenvalue weighted by Gasteiger charge is -2.42. The van der Waals surface area contributed by atoms with Crippen molar-refractivity contribution in [3.8, 4) is 0 Å². The average molecular weight is 566 g/mol. The number of fused-ring (bicyclic) bond motifs is 2. The second kappa shape index (κ2) is 9.15. The van der Waals surface area contributed by atoms with Crippen LogP contribution >= 0.6 is 23.2 Å². The molecular formula is C28H31Cl2F2N3O3. The summed E-state index contributed by atoms with van der Waals surface area (Å²) in [6.45, 7) is 7.69. The fourth-order valence-electron chi connectivity index (χ4n) is 6.58. The summed E-state index contributed by atoms with van der Waals surface area (Å²) in [5.74, 6) is -3.55. The Kier molecular flexibility index (Phi) is 6.58. The van der Waals surface area contributed by atoms with Gasteiger partial charge in [0.2, 0.25) is 11.8 Å². The Balaban J connectivity index is 1.71. The predicted molar refractivity (Wildman–Crippen MR) is 142 cm³/mol. The number of amides is 2. The van der Waals surface area contributed by atoms with E-state index in [9.17, 15) is 14.7 Å². The number of halogens is 4. The molecule has 4 atom stereocenters. The molecule has 2 aliphatic heterocycles. The summed E-state index contributed by atoms with van der Waals surface area (Å²) >= 11 is 12.2. The first-order valence-electron chi connectivity index (χ1n) is 12.7. The van der Waals surface area contributed by atoms with Crippen LogP contribution in [0.3, 0.4) is 0 Å². The molecule has 0 radical (unpaired) electrons. The Bertz CT molecular complexity index is 1320. The standard InChI is InChI=1S/C28H31Cl2F2N3O3/c1-26(2,3)12-18-28(15-8-9-17(30)21(32)22(15)35-25(28)37)19(14-6-5-7-16(29)20(14)31)23(34-18)24(36)33-13-10-27(4,38)11-13/h5-9,13,18-19,23,34,38H,10-12H2,1-4H3,(H,33,36)(H,35,37)/t13?,18-,19-,23+,27?,28?/m0/s1. The maximum atomic E-state index is 15.7. The first kappa shape index (κ1) is 27.3. The molecule has 1 aliphatic carbocycles. The van der Waals surface area contributed by atoms with Gasteiger partial charge in [-0.05, 0) is 54.9 Å². The first-order chi connectivity index (χ1) is 17.7. The first-order valence-corrected chi connectivity index (χ1v) is 13.4. The maximum Gasteiger partial charge on any atom is 0.238 e. The van der Waals surface area contributed by atoms with Gasteiger partial charge in [0.25, 0.3) is 0 Å². The van der Waals surface area contributed by atoms with Crippen LogP contribution in [0.15, 0.2) is 30.3 Å². The van der Waals surface area contributed by atoms with E-state index in [1.54, 1.807) is 19.1 Å². The third kappa shape index (κ3) is 4.30. The van der Waals surface area contributed by atoms with Crippen molar-refractivity contribution >= 4 is 40.7 Å². The zero-order chi connectivity index (χ0) is 27.8. The Morgan fingerprint density at radius 3 is 2.42 bits per heavy atom. The number of nitrogens with one attached hydrogen (secondary N) is 3. The molecule has 0 bridgehead atoms.